The van der Waals surface area contributed by atoms with E-state index in [0.29, 0.717) is 54.0 Å². The molecule has 1 fully saturated rings. The highest BCUT2D eigenvalue weighted by Crippen LogP contribution is 2.30. The van der Waals surface area contributed by atoms with Crippen LogP contribution in [0.15, 0.2) is 51.4 Å². The van der Waals surface area contributed by atoms with Crippen molar-refractivity contribution in [1.29, 1.82) is 0 Å². The largest absolute Gasteiger partial charge is 0.466 e. The first-order valence-electron chi connectivity index (χ1n) is 11.7. The van der Waals surface area contributed by atoms with Crippen LogP contribution >= 0.6 is 0 Å². The van der Waals surface area contributed by atoms with Crippen LogP contribution in [0.2, 0.25) is 0 Å². The Morgan fingerprint density at radius 2 is 1.80 bits per heavy atom. The van der Waals surface area contributed by atoms with Gasteiger partial charge in [-0.1, -0.05) is 23.4 Å². The Morgan fingerprint density at radius 3 is 2.49 bits per heavy atom. The molecular formula is C26H27N5O4. The normalized spacial score (nSPS) is 14.3. The third kappa shape index (κ3) is 4.62. The molecule has 9 heteroatoms. The van der Waals surface area contributed by atoms with E-state index in [4.69, 9.17) is 8.94 Å². The predicted octanol–water partition coefficient (Wildman–Crippen LogP) is 4.83. The number of para-hydroxylation sites is 1. The molecule has 35 heavy (non-hydrogen) atoms. The Morgan fingerprint density at radius 1 is 1.06 bits per heavy atom. The van der Waals surface area contributed by atoms with Crippen LogP contribution in [0.1, 0.15) is 40.4 Å². The summed E-state index contributed by atoms with van der Waals surface area (Å²) in [6, 6.07) is 12.9. The van der Waals surface area contributed by atoms with E-state index in [0.717, 1.165) is 22.8 Å². The molecule has 0 radical (unpaired) electrons. The van der Waals surface area contributed by atoms with Gasteiger partial charge in [-0.2, -0.15) is 0 Å². The first-order valence-corrected chi connectivity index (χ1v) is 11.7. The minimum absolute atomic E-state index is 0.0481. The van der Waals surface area contributed by atoms with Crippen molar-refractivity contribution in [3.63, 3.8) is 0 Å². The van der Waals surface area contributed by atoms with Gasteiger partial charge in [-0.3, -0.25) is 4.79 Å². The van der Waals surface area contributed by atoms with Crippen LogP contribution in [0.3, 0.4) is 0 Å². The molecule has 0 atom stereocenters. The molecule has 1 aromatic carbocycles. The standard InChI is InChI=1S/C26H27N5O4/c1-15-13-20(17(3)34-15)22-14-21(23-16(2)30-35-25(23)29-22)24(32)27-19-9-11-31(12-10-19)26(33)28-18-7-5-4-6-8-18/h4-8,13-14,19H,9-12H2,1-3H3,(H,27,32)(H,28,33). The maximum absolute atomic E-state index is 13.4. The van der Waals surface area contributed by atoms with Crippen LogP contribution in [-0.2, 0) is 0 Å². The minimum Gasteiger partial charge on any atom is -0.466 e. The van der Waals surface area contributed by atoms with Crippen LogP contribution in [0.5, 0.6) is 0 Å². The number of piperidine rings is 1. The van der Waals surface area contributed by atoms with Crippen LogP contribution in [0, 0.1) is 20.8 Å². The summed E-state index contributed by atoms with van der Waals surface area (Å²) in [6.45, 7) is 6.64. The zero-order valence-electron chi connectivity index (χ0n) is 19.9. The zero-order valence-corrected chi connectivity index (χ0v) is 19.9. The molecule has 9 nitrogen and oxygen atoms in total. The van der Waals surface area contributed by atoms with Gasteiger partial charge in [0.15, 0.2) is 0 Å². The number of likely N-dealkylation sites (tertiary alicyclic amines) is 1. The topological polar surface area (TPSA) is 114 Å². The number of pyridine rings is 1. The Kier molecular flexibility index (Phi) is 5.98. The number of carbonyl (C=O) groups excluding carboxylic acids is 2. The van der Waals surface area contributed by atoms with E-state index >= 15 is 0 Å². The lowest BCUT2D eigenvalue weighted by atomic mass is 10.0. The van der Waals surface area contributed by atoms with Gasteiger partial charge >= 0.3 is 6.03 Å². The summed E-state index contributed by atoms with van der Waals surface area (Å²) < 4.78 is 11.1. The van der Waals surface area contributed by atoms with E-state index in [2.05, 4.69) is 20.8 Å². The van der Waals surface area contributed by atoms with Crippen LogP contribution in [0.25, 0.3) is 22.4 Å². The van der Waals surface area contributed by atoms with E-state index in [1.807, 2.05) is 50.2 Å². The van der Waals surface area contributed by atoms with Crippen LogP contribution in [-0.4, -0.2) is 46.1 Å². The quantitative estimate of drug-likeness (QED) is 0.439. The number of nitrogens with one attached hydrogen (secondary N) is 2. The molecule has 0 aliphatic carbocycles. The van der Waals surface area contributed by atoms with Crippen molar-refractivity contribution in [1.82, 2.24) is 20.4 Å². The lowest BCUT2D eigenvalue weighted by Crippen LogP contribution is -2.47. The minimum atomic E-state index is -0.213. The maximum Gasteiger partial charge on any atom is 0.321 e. The number of hydrogen-bond donors (Lipinski definition) is 2. The lowest BCUT2D eigenvalue weighted by Gasteiger charge is -2.32. The number of anilines is 1. The number of benzene rings is 1. The first-order chi connectivity index (χ1) is 16.9. The molecule has 0 saturated carbocycles. The third-order valence-corrected chi connectivity index (χ3v) is 6.32. The number of hydrogen-bond acceptors (Lipinski definition) is 6. The van der Waals surface area contributed by atoms with E-state index in [-0.39, 0.29) is 18.0 Å². The maximum atomic E-state index is 13.4. The van der Waals surface area contributed by atoms with Crippen molar-refractivity contribution in [2.45, 2.75) is 39.7 Å². The molecule has 0 unspecified atom stereocenters. The summed E-state index contributed by atoms with van der Waals surface area (Å²) in [5, 5.41) is 10.7. The van der Waals surface area contributed by atoms with Gasteiger partial charge < -0.3 is 24.5 Å². The van der Waals surface area contributed by atoms with Gasteiger partial charge in [-0.25, -0.2) is 9.78 Å². The highest BCUT2D eigenvalue weighted by molar-refractivity contribution is 6.07. The van der Waals surface area contributed by atoms with Crippen molar-refractivity contribution in [2.24, 2.45) is 0 Å². The molecule has 3 amide bonds. The summed E-state index contributed by atoms with van der Waals surface area (Å²) in [4.78, 5) is 32.3. The summed E-state index contributed by atoms with van der Waals surface area (Å²) >= 11 is 0. The van der Waals surface area contributed by atoms with Crippen LogP contribution < -0.4 is 10.6 Å². The van der Waals surface area contributed by atoms with Crippen molar-refractivity contribution >= 4 is 28.7 Å². The highest BCUT2D eigenvalue weighted by Gasteiger charge is 2.26. The Hall–Kier alpha value is -4.14. The SMILES string of the molecule is Cc1cc(-c2cc(C(=O)NC3CCN(C(=O)Nc4ccccc4)CC3)c3c(C)noc3n2)c(C)o1. The van der Waals surface area contributed by atoms with Crippen molar-refractivity contribution in [2.75, 3.05) is 18.4 Å². The molecule has 180 valence electrons. The summed E-state index contributed by atoms with van der Waals surface area (Å²) in [7, 11) is 0. The predicted molar refractivity (Wildman–Crippen MR) is 131 cm³/mol. The van der Waals surface area contributed by atoms with Gasteiger partial charge in [0.25, 0.3) is 11.6 Å². The molecule has 2 N–H and O–H groups in total. The second kappa shape index (κ2) is 9.25. The lowest BCUT2D eigenvalue weighted by molar-refractivity contribution is 0.0921. The molecule has 1 aliphatic rings. The fraction of sp³-hybridized carbons (Fsp3) is 0.308. The summed E-state index contributed by atoms with van der Waals surface area (Å²) in [6.07, 6.45) is 1.33. The van der Waals surface area contributed by atoms with Gasteiger partial charge in [-0.15, -0.1) is 0 Å². The second-order valence-electron chi connectivity index (χ2n) is 8.86. The number of nitrogens with zero attached hydrogens (tertiary/aromatic N) is 3. The second-order valence-corrected chi connectivity index (χ2v) is 8.86. The molecule has 4 heterocycles. The molecule has 0 bridgehead atoms. The fourth-order valence-electron chi connectivity index (χ4n) is 4.51. The summed E-state index contributed by atoms with van der Waals surface area (Å²) in [5.74, 6) is 1.27. The number of carbonyl (C=O) groups is 2. The molecule has 4 aromatic rings. The summed E-state index contributed by atoms with van der Waals surface area (Å²) in [5.41, 5.74) is 3.56. The average molecular weight is 474 g/mol. The van der Waals surface area contributed by atoms with Gasteiger partial charge in [-0.05, 0) is 57.9 Å². The third-order valence-electron chi connectivity index (χ3n) is 6.32. The van der Waals surface area contributed by atoms with Gasteiger partial charge in [0.2, 0.25) is 0 Å². The molecular weight excluding hydrogens is 446 g/mol. The first kappa shape index (κ1) is 22.6. The van der Waals surface area contributed by atoms with E-state index in [9.17, 15) is 9.59 Å². The number of aromatic nitrogens is 2. The molecule has 1 saturated heterocycles. The van der Waals surface area contributed by atoms with E-state index in [1.165, 1.54) is 0 Å². The number of amides is 3. The van der Waals surface area contributed by atoms with E-state index < -0.39 is 0 Å². The van der Waals surface area contributed by atoms with Gasteiger partial charge in [0.05, 0.1) is 22.3 Å². The molecule has 3 aromatic heterocycles. The van der Waals surface area contributed by atoms with Crippen molar-refractivity contribution in [3.05, 3.63) is 65.2 Å². The fourth-order valence-corrected chi connectivity index (χ4v) is 4.51. The monoisotopic (exact) mass is 473 g/mol. The van der Waals surface area contributed by atoms with Gasteiger partial charge in [0.1, 0.15) is 11.5 Å². The Labute approximate surface area is 202 Å². The smallest absolute Gasteiger partial charge is 0.321 e. The number of urea groups is 1. The van der Waals surface area contributed by atoms with E-state index in [1.54, 1.807) is 17.9 Å². The molecule has 0 spiro atoms. The Bertz CT molecular complexity index is 1380. The molecule has 5 rings (SSSR count). The molecule has 1 aliphatic heterocycles. The van der Waals surface area contributed by atoms with Crippen LogP contribution in [0.4, 0.5) is 10.5 Å². The zero-order chi connectivity index (χ0) is 24.5. The van der Waals surface area contributed by atoms with Crippen molar-refractivity contribution < 1.29 is 18.5 Å². The van der Waals surface area contributed by atoms with Gasteiger partial charge in [0, 0.05) is 30.4 Å². The number of furan rings is 1. The number of rotatable bonds is 4. The number of fused-ring (bicyclic) bond motifs is 1. The average Bonchev–Trinajstić information content (AvgIpc) is 3.40. The highest BCUT2D eigenvalue weighted by atomic mass is 16.5. The Balaban J connectivity index is 1.30. The van der Waals surface area contributed by atoms with Crippen molar-refractivity contribution in [3.8, 4) is 11.3 Å². The number of aryl methyl sites for hydroxylation is 3.